The fourth-order valence-corrected chi connectivity index (χ4v) is 2.44. The van der Waals surface area contributed by atoms with Gasteiger partial charge in [0.05, 0.1) is 22.4 Å². The zero-order valence-corrected chi connectivity index (χ0v) is 13.1. The molecule has 120 valence electrons. The smallest absolute Gasteiger partial charge is 0.338 e. The maximum absolute atomic E-state index is 12.4. The Morgan fingerprint density at radius 2 is 1.54 bits per heavy atom. The molecule has 0 radical (unpaired) electrons. The number of hydrogen-bond acceptors (Lipinski definition) is 4. The summed E-state index contributed by atoms with van der Waals surface area (Å²) in [5.41, 5.74) is 2.26. The number of carbonyl (C=O) groups is 3. The summed E-state index contributed by atoms with van der Waals surface area (Å²) in [5, 5.41) is 0. The van der Waals surface area contributed by atoms with Gasteiger partial charge in [-0.3, -0.25) is 9.59 Å². The van der Waals surface area contributed by atoms with E-state index in [4.69, 9.17) is 4.74 Å². The maximum atomic E-state index is 12.4. The molecule has 0 bridgehead atoms. The number of ether oxygens (including phenoxy) is 1. The Labute approximate surface area is 139 Å². The molecule has 3 rings (SSSR count). The van der Waals surface area contributed by atoms with Gasteiger partial charge in [-0.25, -0.2) is 9.69 Å². The van der Waals surface area contributed by atoms with Crippen LogP contribution in [0.1, 0.15) is 38.0 Å². The fraction of sp³-hybridized carbons (Fsp3) is 0.105. The Balaban J connectivity index is 1.82. The molecule has 2 aromatic carbocycles. The molecule has 0 aliphatic carbocycles. The monoisotopic (exact) mass is 321 g/mol. The van der Waals surface area contributed by atoms with Crippen LogP contribution < -0.4 is 4.90 Å². The van der Waals surface area contributed by atoms with Gasteiger partial charge < -0.3 is 4.74 Å². The molecule has 0 aromatic heterocycles. The Bertz CT molecular complexity index is 817. The van der Waals surface area contributed by atoms with E-state index in [0.717, 1.165) is 10.5 Å². The highest BCUT2D eigenvalue weighted by molar-refractivity contribution is 6.34. The Morgan fingerprint density at radius 3 is 2.04 bits per heavy atom. The van der Waals surface area contributed by atoms with E-state index in [1.165, 1.54) is 12.1 Å². The lowest BCUT2D eigenvalue weighted by Crippen LogP contribution is -2.29. The Morgan fingerprint density at radius 1 is 1.00 bits per heavy atom. The summed E-state index contributed by atoms with van der Waals surface area (Å²) in [6.07, 6.45) is 0. The van der Waals surface area contributed by atoms with Gasteiger partial charge in [-0.2, -0.15) is 0 Å². The zero-order valence-electron chi connectivity index (χ0n) is 13.1. The molecule has 0 N–H and O–H groups in total. The molecule has 0 unspecified atom stereocenters. The Kier molecular flexibility index (Phi) is 4.00. The van der Waals surface area contributed by atoms with Gasteiger partial charge >= 0.3 is 5.97 Å². The number of hydrogen-bond donors (Lipinski definition) is 0. The Hall–Kier alpha value is -3.21. The van der Waals surface area contributed by atoms with Gasteiger partial charge in [0.15, 0.2) is 0 Å². The first-order valence-electron chi connectivity index (χ1n) is 7.38. The molecule has 24 heavy (non-hydrogen) atoms. The summed E-state index contributed by atoms with van der Waals surface area (Å²) in [4.78, 5) is 37.8. The normalized spacial score (nSPS) is 13.0. The van der Waals surface area contributed by atoms with Crippen LogP contribution in [-0.4, -0.2) is 24.4 Å². The lowest BCUT2D eigenvalue weighted by Gasteiger charge is -2.14. The third-order valence-electron chi connectivity index (χ3n) is 3.60. The highest BCUT2D eigenvalue weighted by Crippen LogP contribution is 2.28. The van der Waals surface area contributed by atoms with Crippen LogP contribution in [-0.2, 0) is 4.74 Å². The van der Waals surface area contributed by atoms with Crippen molar-refractivity contribution in [2.45, 2.75) is 6.92 Å². The first-order valence-corrected chi connectivity index (χ1v) is 7.38. The van der Waals surface area contributed by atoms with E-state index in [-0.39, 0.29) is 18.4 Å². The van der Waals surface area contributed by atoms with Crippen LogP contribution in [0.3, 0.4) is 0 Å². The second-order valence-electron chi connectivity index (χ2n) is 5.57. The van der Waals surface area contributed by atoms with Crippen LogP contribution in [0.2, 0.25) is 0 Å². The summed E-state index contributed by atoms with van der Waals surface area (Å²) in [6.45, 7) is 5.58. The molecular weight excluding hydrogens is 306 g/mol. The minimum absolute atomic E-state index is 0.152. The summed E-state index contributed by atoms with van der Waals surface area (Å²) >= 11 is 0. The lowest BCUT2D eigenvalue weighted by atomic mass is 10.1. The van der Waals surface area contributed by atoms with Crippen molar-refractivity contribution in [3.8, 4) is 0 Å². The molecule has 0 atom stereocenters. The van der Waals surface area contributed by atoms with E-state index in [1.807, 2.05) is 0 Å². The van der Waals surface area contributed by atoms with Crippen molar-refractivity contribution >= 4 is 23.5 Å². The lowest BCUT2D eigenvalue weighted by molar-refractivity contribution is 0.0540. The highest BCUT2D eigenvalue weighted by Gasteiger charge is 2.36. The third kappa shape index (κ3) is 2.72. The van der Waals surface area contributed by atoms with Gasteiger partial charge in [-0.05, 0) is 48.9 Å². The third-order valence-corrected chi connectivity index (χ3v) is 3.60. The van der Waals surface area contributed by atoms with E-state index in [2.05, 4.69) is 6.58 Å². The molecule has 1 aliphatic rings. The van der Waals surface area contributed by atoms with Gasteiger partial charge in [-0.1, -0.05) is 18.7 Å². The van der Waals surface area contributed by atoms with E-state index >= 15 is 0 Å². The topological polar surface area (TPSA) is 63.7 Å². The van der Waals surface area contributed by atoms with Gasteiger partial charge in [0.2, 0.25) is 0 Å². The van der Waals surface area contributed by atoms with E-state index < -0.39 is 5.97 Å². The molecule has 5 heteroatoms. The zero-order chi connectivity index (χ0) is 17.3. The first kappa shape index (κ1) is 15.7. The number of fused-ring (bicyclic) bond motifs is 1. The van der Waals surface area contributed by atoms with E-state index in [9.17, 15) is 14.4 Å². The molecular formula is C19H15NO4. The number of amides is 2. The highest BCUT2D eigenvalue weighted by atomic mass is 16.5. The fourth-order valence-electron chi connectivity index (χ4n) is 2.44. The predicted molar refractivity (Wildman–Crippen MR) is 89.1 cm³/mol. The van der Waals surface area contributed by atoms with Crippen molar-refractivity contribution in [1.29, 1.82) is 0 Å². The molecule has 0 saturated heterocycles. The molecule has 5 nitrogen and oxygen atoms in total. The van der Waals surface area contributed by atoms with Crippen LogP contribution in [0.5, 0.6) is 0 Å². The van der Waals surface area contributed by atoms with Crippen LogP contribution in [0.25, 0.3) is 0 Å². The average molecular weight is 321 g/mol. The molecule has 0 spiro atoms. The summed E-state index contributed by atoms with van der Waals surface area (Å²) in [6, 6.07) is 12.8. The summed E-state index contributed by atoms with van der Waals surface area (Å²) in [5.74, 6) is -1.21. The molecule has 0 fully saturated rings. The predicted octanol–water partition coefficient (Wildman–Crippen LogP) is 3.22. The molecule has 2 amide bonds. The number of carbonyl (C=O) groups excluding carboxylic acids is 3. The van der Waals surface area contributed by atoms with E-state index in [0.29, 0.717) is 22.4 Å². The number of esters is 1. The van der Waals surface area contributed by atoms with E-state index in [1.54, 1.807) is 43.3 Å². The van der Waals surface area contributed by atoms with Crippen LogP contribution in [0.4, 0.5) is 5.69 Å². The van der Waals surface area contributed by atoms with Crippen LogP contribution >= 0.6 is 0 Å². The van der Waals surface area contributed by atoms with Crippen LogP contribution in [0, 0.1) is 0 Å². The largest absolute Gasteiger partial charge is 0.458 e. The van der Waals surface area contributed by atoms with Gasteiger partial charge in [-0.15, -0.1) is 0 Å². The van der Waals surface area contributed by atoms with Crippen LogP contribution in [0.15, 0.2) is 60.7 Å². The number of rotatable bonds is 4. The van der Waals surface area contributed by atoms with Crippen molar-refractivity contribution in [2.24, 2.45) is 0 Å². The second kappa shape index (κ2) is 6.12. The van der Waals surface area contributed by atoms with Crippen molar-refractivity contribution in [3.05, 3.63) is 77.4 Å². The SMILES string of the molecule is C=C(C)COC(=O)c1ccc(N2C(=O)c3ccccc3C2=O)cc1. The molecule has 2 aromatic rings. The van der Waals surface area contributed by atoms with Gasteiger partial charge in [0.25, 0.3) is 11.8 Å². The average Bonchev–Trinajstić information content (AvgIpc) is 2.84. The van der Waals surface area contributed by atoms with Crippen molar-refractivity contribution in [3.63, 3.8) is 0 Å². The minimum Gasteiger partial charge on any atom is -0.458 e. The summed E-state index contributed by atoms with van der Waals surface area (Å²) < 4.78 is 5.06. The standard InChI is InChI=1S/C19H15NO4/c1-12(2)11-24-19(23)13-7-9-14(10-8-13)20-17(21)15-5-3-4-6-16(15)18(20)22/h3-10H,1,11H2,2H3. The van der Waals surface area contributed by atoms with Gasteiger partial charge in [0.1, 0.15) is 6.61 Å². The number of benzene rings is 2. The van der Waals surface area contributed by atoms with Crippen molar-refractivity contribution in [1.82, 2.24) is 0 Å². The quantitative estimate of drug-likeness (QED) is 0.493. The minimum atomic E-state index is -0.480. The number of anilines is 1. The molecule has 1 aliphatic heterocycles. The number of nitrogens with zero attached hydrogens (tertiary/aromatic N) is 1. The number of imide groups is 1. The maximum Gasteiger partial charge on any atom is 0.338 e. The van der Waals surface area contributed by atoms with Crippen molar-refractivity contribution < 1.29 is 19.1 Å². The molecule has 0 saturated carbocycles. The molecule has 1 heterocycles. The van der Waals surface area contributed by atoms with Gasteiger partial charge in [0, 0.05) is 0 Å². The summed E-state index contributed by atoms with van der Waals surface area (Å²) in [7, 11) is 0. The first-order chi connectivity index (χ1) is 11.5. The second-order valence-corrected chi connectivity index (χ2v) is 5.57. The van der Waals surface area contributed by atoms with Crippen molar-refractivity contribution in [2.75, 3.05) is 11.5 Å².